The van der Waals surface area contributed by atoms with E-state index in [0.717, 1.165) is 22.5 Å². The maximum absolute atomic E-state index is 12.7. The van der Waals surface area contributed by atoms with Crippen molar-refractivity contribution >= 4 is 17.0 Å². The van der Waals surface area contributed by atoms with Crippen molar-refractivity contribution < 1.29 is 9.53 Å². The first-order chi connectivity index (χ1) is 14.6. The number of hydrogen-bond donors (Lipinski definition) is 0. The fourth-order valence-electron chi connectivity index (χ4n) is 3.16. The summed E-state index contributed by atoms with van der Waals surface area (Å²) in [7, 11) is 0. The normalized spacial score (nSPS) is 10.9. The van der Waals surface area contributed by atoms with E-state index in [-0.39, 0.29) is 12.3 Å². The highest BCUT2D eigenvalue weighted by atomic mass is 16.5. The van der Waals surface area contributed by atoms with Crippen molar-refractivity contribution in [3.05, 3.63) is 82.2 Å². The molecule has 8 nitrogen and oxygen atoms in total. The van der Waals surface area contributed by atoms with E-state index >= 15 is 0 Å². The molecular formula is C22H19N5O3. The van der Waals surface area contributed by atoms with E-state index in [4.69, 9.17) is 4.74 Å². The Kier molecular flexibility index (Phi) is 5.30. The first-order valence-electron chi connectivity index (χ1n) is 9.48. The molecule has 0 unspecified atom stereocenters. The van der Waals surface area contributed by atoms with E-state index in [1.807, 2.05) is 31.2 Å². The zero-order valence-electron chi connectivity index (χ0n) is 16.6. The Labute approximate surface area is 172 Å². The highest BCUT2D eigenvalue weighted by Gasteiger charge is 2.19. The van der Waals surface area contributed by atoms with Crippen molar-refractivity contribution in [3.63, 3.8) is 0 Å². The van der Waals surface area contributed by atoms with Crippen molar-refractivity contribution in [2.45, 2.75) is 20.4 Å². The van der Waals surface area contributed by atoms with Crippen molar-refractivity contribution in [3.8, 4) is 11.3 Å². The van der Waals surface area contributed by atoms with Gasteiger partial charge in [0.05, 0.1) is 24.2 Å². The van der Waals surface area contributed by atoms with Crippen LogP contribution in [0.3, 0.4) is 0 Å². The van der Waals surface area contributed by atoms with Crippen LogP contribution in [-0.2, 0) is 11.3 Å². The highest BCUT2D eigenvalue weighted by Crippen LogP contribution is 2.19. The number of fused-ring (bicyclic) bond motifs is 1. The average molecular weight is 401 g/mol. The summed E-state index contributed by atoms with van der Waals surface area (Å²) in [4.78, 5) is 38.0. The first kappa shape index (κ1) is 19.4. The Balaban J connectivity index is 1.78. The zero-order valence-corrected chi connectivity index (χ0v) is 16.6. The molecule has 0 atom stereocenters. The van der Waals surface area contributed by atoms with E-state index in [9.17, 15) is 9.59 Å². The van der Waals surface area contributed by atoms with Crippen LogP contribution in [0, 0.1) is 6.92 Å². The molecule has 0 aliphatic carbocycles. The molecule has 4 rings (SSSR count). The van der Waals surface area contributed by atoms with Crippen LogP contribution in [0.15, 0.2) is 59.8 Å². The summed E-state index contributed by atoms with van der Waals surface area (Å²) in [5.41, 5.74) is 3.08. The van der Waals surface area contributed by atoms with Crippen LogP contribution in [0.5, 0.6) is 0 Å². The summed E-state index contributed by atoms with van der Waals surface area (Å²) in [6.45, 7) is 4.04. The number of rotatable bonds is 5. The average Bonchev–Trinajstić information content (AvgIpc) is 2.77. The molecule has 0 radical (unpaired) electrons. The minimum Gasteiger partial charge on any atom is -0.461 e. The van der Waals surface area contributed by atoms with Gasteiger partial charge in [0.2, 0.25) is 11.1 Å². The third kappa shape index (κ3) is 3.67. The van der Waals surface area contributed by atoms with E-state index in [1.54, 1.807) is 37.6 Å². The standard InChI is InChI=1S/C22H19N5O3/c1-3-30-22(29)19-20(28)17-7-5-11-24-21(17)27(26-19)13-16-8-9-18(25-14(16)2)15-6-4-10-23-12-15/h4-12H,3,13H2,1-2H3. The third-order valence-electron chi connectivity index (χ3n) is 4.65. The van der Waals surface area contributed by atoms with Crippen molar-refractivity contribution in [1.29, 1.82) is 0 Å². The van der Waals surface area contributed by atoms with Gasteiger partial charge in [0.1, 0.15) is 0 Å². The fraction of sp³-hybridized carbons (Fsp3) is 0.182. The smallest absolute Gasteiger partial charge is 0.362 e. The number of aryl methyl sites for hydroxylation is 1. The van der Waals surface area contributed by atoms with Gasteiger partial charge >= 0.3 is 5.97 Å². The molecule has 0 saturated heterocycles. The molecule has 0 fully saturated rings. The Hall–Kier alpha value is -3.94. The molecule has 0 bridgehead atoms. The maximum atomic E-state index is 12.7. The number of pyridine rings is 3. The lowest BCUT2D eigenvalue weighted by atomic mass is 10.1. The van der Waals surface area contributed by atoms with Gasteiger partial charge < -0.3 is 4.74 Å². The van der Waals surface area contributed by atoms with Gasteiger partial charge in [-0.2, -0.15) is 5.10 Å². The van der Waals surface area contributed by atoms with Gasteiger partial charge in [-0.05, 0) is 49.7 Å². The summed E-state index contributed by atoms with van der Waals surface area (Å²) < 4.78 is 6.54. The number of nitrogens with zero attached hydrogens (tertiary/aromatic N) is 5. The highest BCUT2D eigenvalue weighted by molar-refractivity contribution is 5.90. The van der Waals surface area contributed by atoms with Gasteiger partial charge in [0.15, 0.2) is 5.65 Å². The van der Waals surface area contributed by atoms with Crippen LogP contribution in [0.2, 0.25) is 0 Å². The Morgan fingerprint density at radius 1 is 1.13 bits per heavy atom. The summed E-state index contributed by atoms with van der Waals surface area (Å²) >= 11 is 0. The Morgan fingerprint density at radius 3 is 2.70 bits per heavy atom. The number of esters is 1. The van der Waals surface area contributed by atoms with Gasteiger partial charge in [0.25, 0.3) is 0 Å². The van der Waals surface area contributed by atoms with E-state index in [0.29, 0.717) is 17.6 Å². The number of aromatic nitrogens is 5. The minimum absolute atomic E-state index is 0.157. The summed E-state index contributed by atoms with van der Waals surface area (Å²) in [6, 6.07) is 10.9. The lowest BCUT2D eigenvalue weighted by Gasteiger charge is -2.13. The van der Waals surface area contributed by atoms with Gasteiger partial charge in [-0.25, -0.2) is 14.5 Å². The summed E-state index contributed by atoms with van der Waals surface area (Å²) in [6.07, 6.45) is 5.06. The van der Waals surface area contributed by atoms with E-state index < -0.39 is 11.4 Å². The molecule has 0 N–H and O–H groups in total. The van der Waals surface area contributed by atoms with Crippen LogP contribution >= 0.6 is 0 Å². The molecule has 8 heteroatoms. The third-order valence-corrected chi connectivity index (χ3v) is 4.65. The van der Waals surface area contributed by atoms with Gasteiger partial charge in [-0.15, -0.1) is 0 Å². The van der Waals surface area contributed by atoms with Crippen LogP contribution in [0.25, 0.3) is 22.3 Å². The lowest BCUT2D eigenvalue weighted by Crippen LogP contribution is -2.25. The van der Waals surface area contributed by atoms with Crippen LogP contribution in [0.4, 0.5) is 0 Å². The van der Waals surface area contributed by atoms with Gasteiger partial charge in [-0.1, -0.05) is 6.07 Å². The second-order valence-electron chi connectivity index (χ2n) is 6.61. The molecule has 0 aliphatic heterocycles. The molecule has 0 saturated carbocycles. The van der Waals surface area contributed by atoms with Crippen molar-refractivity contribution in [2.24, 2.45) is 0 Å². The molecule has 30 heavy (non-hydrogen) atoms. The molecule has 0 aromatic carbocycles. The van der Waals surface area contributed by atoms with Crippen LogP contribution in [-0.4, -0.2) is 37.3 Å². The number of carbonyl (C=O) groups is 1. The topological polar surface area (TPSA) is 99.9 Å². The summed E-state index contributed by atoms with van der Waals surface area (Å²) in [5, 5.41) is 4.58. The van der Waals surface area contributed by atoms with E-state index in [1.165, 1.54) is 4.68 Å². The second-order valence-corrected chi connectivity index (χ2v) is 6.61. The zero-order chi connectivity index (χ0) is 21.1. The Bertz CT molecular complexity index is 1290. The quantitative estimate of drug-likeness (QED) is 0.474. The van der Waals surface area contributed by atoms with Gasteiger partial charge in [0, 0.05) is 29.8 Å². The number of carbonyl (C=O) groups excluding carboxylic acids is 1. The SMILES string of the molecule is CCOC(=O)c1nn(Cc2ccc(-c3cccnc3)nc2C)c2ncccc2c1=O. The molecule has 0 aliphatic rings. The second kappa shape index (κ2) is 8.20. The molecular weight excluding hydrogens is 382 g/mol. The Morgan fingerprint density at radius 2 is 1.97 bits per heavy atom. The number of ether oxygens (including phenoxy) is 1. The van der Waals surface area contributed by atoms with Crippen LogP contribution < -0.4 is 5.43 Å². The molecule has 0 amide bonds. The molecule has 4 aromatic heterocycles. The van der Waals surface area contributed by atoms with E-state index in [2.05, 4.69) is 20.1 Å². The largest absolute Gasteiger partial charge is 0.461 e. The van der Waals surface area contributed by atoms with Crippen molar-refractivity contribution in [2.75, 3.05) is 6.61 Å². The fourth-order valence-corrected chi connectivity index (χ4v) is 3.16. The first-order valence-corrected chi connectivity index (χ1v) is 9.48. The summed E-state index contributed by atoms with van der Waals surface area (Å²) in [5.74, 6) is -0.747. The monoisotopic (exact) mass is 401 g/mol. The molecule has 150 valence electrons. The predicted octanol–water partition coefficient (Wildman–Crippen LogP) is 2.78. The van der Waals surface area contributed by atoms with Crippen molar-refractivity contribution in [1.82, 2.24) is 24.7 Å². The van der Waals surface area contributed by atoms with Gasteiger partial charge in [-0.3, -0.25) is 14.8 Å². The lowest BCUT2D eigenvalue weighted by molar-refractivity contribution is 0.0515. The molecule has 0 spiro atoms. The maximum Gasteiger partial charge on any atom is 0.362 e. The minimum atomic E-state index is -0.747. The molecule has 4 aromatic rings. The molecule has 4 heterocycles. The van der Waals surface area contributed by atoms with Crippen LogP contribution in [0.1, 0.15) is 28.7 Å². The number of hydrogen-bond acceptors (Lipinski definition) is 7. The predicted molar refractivity (Wildman–Crippen MR) is 111 cm³/mol.